The Labute approximate surface area is 124 Å². The number of sulfonamides is 1. The molecule has 1 atom stereocenters. The molecule has 2 rings (SSSR count). The summed E-state index contributed by atoms with van der Waals surface area (Å²) in [7, 11) is -3.91. The Balaban J connectivity index is 2.30. The van der Waals surface area contributed by atoms with Crippen molar-refractivity contribution in [2.24, 2.45) is 5.92 Å². The Hall–Kier alpha value is -1.60. The summed E-state index contributed by atoms with van der Waals surface area (Å²) in [6.45, 7) is 1.82. The summed E-state index contributed by atoms with van der Waals surface area (Å²) in [6.07, 6.45) is 4.20. The van der Waals surface area contributed by atoms with Crippen LogP contribution >= 0.6 is 0 Å². The number of nitrogens with one attached hydrogen (secondary N) is 1. The van der Waals surface area contributed by atoms with E-state index in [1.165, 1.54) is 18.2 Å². The van der Waals surface area contributed by atoms with E-state index in [1.807, 2.05) is 6.92 Å². The lowest BCUT2D eigenvalue weighted by Crippen LogP contribution is -2.37. The number of anilines is 1. The van der Waals surface area contributed by atoms with E-state index in [2.05, 4.69) is 4.72 Å². The number of hydrogen-bond acceptors (Lipinski definition) is 4. The summed E-state index contributed by atoms with van der Waals surface area (Å²) < 4.78 is 27.5. The summed E-state index contributed by atoms with van der Waals surface area (Å²) in [4.78, 5) is 10.9. The molecule has 1 aliphatic rings. The van der Waals surface area contributed by atoms with Crippen LogP contribution < -0.4 is 10.5 Å². The Kier molecular flexibility index (Phi) is 4.53. The smallest absolute Gasteiger partial charge is 0.337 e. The van der Waals surface area contributed by atoms with Crippen molar-refractivity contribution in [1.29, 1.82) is 0 Å². The maximum atomic E-state index is 12.4. The molecule has 4 N–H and O–H groups in total. The monoisotopic (exact) mass is 312 g/mol. The van der Waals surface area contributed by atoms with Crippen LogP contribution in [0, 0.1) is 5.92 Å². The molecule has 0 amide bonds. The van der Waals surface area contributed by atoms with E-state index in [1.54, 1.807) is 0 Å². The largest absolute Gasteiger partial charge is 0.478 e. The van der Waals surface area contributed by atoms with Crippen molar-refractivity contribution in [3.05, 3.63) is 23.8 Å². The van der Waals surface area contributed by atoms with Gasteiger partial charge < -0.3 is 10.8 Å². The molecule has 0 radical (unpaired) electrons. The van der Waals surface area contributed by atoms with Crippen molar-refractivity contribution in [3.8, 4) is 0 Å². The van der Waals surface area contributed by atoms with Crippen LogP contribution in [0.3, 0.4) is 0 Å². The van der Waals surface area contributed by atoms with Crippen molar-refractivity contribution in [2.75, 3.05) is 5.73 Å². The molecule has 6 nitrogen and oxygen atoms in total. The topological polar surface area (TPSA) is 109 Å². The fourth-order valence-electron chi connectivity index (χ4n) is 2.80. The highest BCUT2D eigenvalue weighted by molar-refractivity contribution is 7.89. The number of nitrogen functional groups attached to an aromatic ring is 1. The zero-order chi connectivity index (χ0) is 15.6. The lowest BCUT2D eigenvalue weighted by molar-refractivity contribution is 0.0692. The Morgan fingerprint density at radius 2 is 2.00 bits per heavy atom. The minimum atomic E-state index is -3.91. The second-order valence-corrected chi connectivity index (χ2v) is 7.20. The number of benzene rings is 1. The molecule has 0 bridgehead atoms. The number of hydrogen-bond donors (Lipinski definition) is 3. The van der Waals surface area contributed by atoms with E-state index in [4.69, 9.17) is 10.8 Å². The third kappa shape index (κ3) is 3.54. The molecular weight excluding hydrogens is 292 g/mol. The number of carboxylic acid groups (broad SMARTS) is 1. The Bertz CT molecular complexity index is 636. The fourth-order valence-corrected chi connectivity index (χ4v) is 4.34. The average molecular weight is 312 g/mol. The number of carbonyl (C=O) groups is 1. The zero-order valence-electron chi connectivity index (χ0n) is 11.9. The molecular formula is C14H20N2O4S. The lowest BCUT2D eigenvalue weighted by Gasteiger charge is -2.21. The van der Waals surface area contributed by atoms with Crippen LogP contribution in [0.25, 0.3) is 0 Å². The second kappa shape index (κ2) is 6.03. The molecule has 1 aliphatic carbocycles. The second-order valence-electron chi connectivity index (χ2n) is 5.52. The van der Waals surface area contributed by atoms with Gasteiger partial charge in [0.1, 0.15) is 0 Å². The van der Waals surface area contributed by atoms with Gasteiger partial charge in [-0.05, 0) is 43.9 Å². The van der Waals surface area contributed by atoms with Gasteiger partial charge in [0.2, 0.25) is 10.0 Å². The molecule has 7 heteroatoms. The third-order valence-corrected chi connectivity index (χ3v) is 5.57. The highest BCUT2D eigenvalue weighted by atomic mass is 32.2. The summed E-state index contributed by atoms with van der Waals surface area (Å²) in [5.74, 6) is -0.988. The van der Waals surface area contributed by atoms with Crippen LogP contribution in [0.1, 0.15) is 43.0 Å². The van der Waals surface area contributed by atoms with E-state index in [9.17, 15) is 13.2 Å². The first-order chi connectivity index (χ1) is 9.81. The molecule has 1 aromatic rings. The van der Waals surface area contributed by atoms with Crippen LogP contribution in [-0.2, 0) is 10.0 Å². The highest BCUT2D eigenvalue weighted by Gasteiger charge is 2.28. The summed E-state index contributed by atoms with van der Waals surface area (Å²) >= 11 is 0. The molecule has 0 saturated heterocycles. The maximum Gasteiger partial charge on any atom is 0.337 e. The zero-order valence-corrected chi connectivity index (χ0v) is 12.7. The van der Waals surface area contributed by atoms with Gasteiger partial charge in [-0.3, -0.25) is 0 Å². The third-order valence-electron chi connectivity index (χ3n) is 3.97. The van der Waals surface area contributed by atoms with E-state index in [0.29, 0.717) is 5.92 Å². The number of carboxylic acids is 1. The quantitative estimate of drug-likeness (QED) is 0.718. The number of aromatic carboxylic acids is 1. The van der Waals surface area contributed by atoms with Crippen molar-refractivity contribution in [2.45, 2.75) is 43.5 Å². The van der Waals surface area contributed by atoms with Gasteiger partial charge >= 0.3 is 5.97 Å². The summed E-state index contributed by atoms with van der Waals surface area (Å²) in [5, 5.41) is 9.13. The normalized spacial score (nSPS) is 17.8. The fraction of sp³-hybridized carbons (Fsp3) is 0.500. The van der Waals surface area contributed by atoms with Crippen molar-refractivity contribution < 1.29 is 18.3 Å². The highest BCUT2D eigenvalue weighted by Crippen LogP contribution is 2.29. The molecule has 1 saturated carbocycles. The van der Waals surface area contributed by atoms with Gasteiger partial charge in [-0.1, -0.05) is 12.8 Å². The van der Waals surface area contributed by atoms with Crippen LogP contribution in [0.15, 0.2) is 23.1 Å². The number of rotatable bonds is 5. The van der Waals surface area contributed by atoms with Gasteiger partial charge in [-0.25, -0.2) is 17.9 Å². The van der Waals surface area contributed by atoms with Crippen molar-refractivity contribution in [1.82, 2.24) is 4.72 Å². The van der Waals surface area contributed by atoms with E-state index < -0.39 is 16.0 Å². The Morgan fingerprint density at radius 3 is 2.57 bits per heavy atom. The van der Waals surface area contributed by atoms with E-state index in [-0.39, 0.29) is 22.2 Å². The van der Waals surface area contributed by atoms with Crippen LogP contribution in [0.4, 0.5) is 5.69 Å². The van der Waals surface area contributed by atoms with Gasteiger partial charge in [0.25, 0.3) is 0 Å². The molecule has 1 unspecified atom stereocenters. The van der Waals surface area contributed by atoms with Gasteiger partial charge in [-0.2, -0.15) is 0 Å². The molecule has 0 spiro atoms. The first-order valence-corrected chi connectivity index (χ1v) is 8.45. The van der Waals surface area contributed by atoms with Crippen molar-refractivity contribution in [3.63, 3.8) is 0 Å². The van der Waals surface area contributed by atoms with Crippen LogP contribution in [0.2, 0.25) is 0 Å². The predicted octanol–water partition coefficient (Wildman–Crippen LogP) is 1.82. The molecule has 0 heterocycles. The SMILES string of the molecule is CC(NS(=O)(=O)c1cc(N)ccc1C(=O)O)C1CCCC1. The van der Waals surface area contributed by atoms with Crippen LogP contribution in [0.5, 0.6) is 0 Å². The first kappa shape index (κ1) is 15.8. The molecule has 0 aromatic heterocycles. The van der Waals surface area contributed by atoms with Gasteiger partial charge in [0.05, 0.1) is 10.5 Å². The predicted molar refractivity (Wildman–Crippen MR) is 79.6 cm³/mol. The standard InChI is InChI=1S/C14H20N2O4S/c1-9(10-4-2-3-5-10)16-21(19,20)13-8-11(15)6-7-12(13)14(17)18/h6-10,16H,2-5,15H2,1H3,(H,17,18). The molecule has 1 aromatic carbocycles. The molecule has 21 heavy (non-hydrogen) atoms. The summed E-state index contributed by atoms with van der Waals surface area (Å²) in [5.41, 5.74) is 5.54. The number of nitrogens with two attached hydrogens (primary N) is 1. The average Bonchev–Trinajstić information content (AvgIpc) is 2.91. The minimum absolute atomic E-state index is 0.217. The van der Waals surface area contributed by atoms with Crippen LogP contribution in [-0.4, -0.2) is 25.5 Å². The van der Waals surface area contributed by atoms with E-state index in [0.717, 1.165) is 25.7 Å². The molecule has 0 aliphatic heterocycles. The van der Waals surface area contributed by atoms with E-state index >= 15 is 0 Å². The molecule has 1 fully saturated rings. The van der Waals surface area contributed by atoms with Gasteiger partial charge in [-0.15, -0.1) is 0 Å². The van der Waals surface area contributed by atoms with Gasteiger partial charge in [0.15, 0.2) is 0 Å². The van der Waals surface area contributed by atoms with Gasteiger partial charge in [0, 0.05) is 11.7 Å². The Morgan fingerprint density at radius 1 is 1.38 bits per heavy atom. The van der Waals surface area contributed by atoms with Crippen molar-refractivity contribution >= 4 is 21.7 Å². The molecule has 116 valence electrons. The first-order valence-electron chi connectivity index (χ1n) is 6.96. The minimum Gasteiger partial charge on any atom is -0.478 e. The maximum absolute atomic E-state index is 12.4. The lowest BCUT2D eigenvalue weighted by atomic mass is 10.0. The summed E-state index contributed by atoms with van der Waals surface area (Å²) in [6, 6.07) is 3.56.